The van der Waals surface area contributed by atoms with Crippen LogP contribution in [0.5, 0.6) is 5.75 Å². The van der Waals surface area contributed by atoms with E-state index >= 15 is 0 Å². The molecule has 0 spiro atoms. The van der Waals surface area contributed by atoms with E-state index in [4.69, 9.17) is 14.8 Å². The van der Waals surface area contributed by atoms with Gasteiger partial charge in [0.05, 0.1) is 0 Å². The Morgan fingerprint density at radius 2 is 2.00 bits per heavy atom. The van der Waals surface area contributed by atoms with Crippen LogP contribution in [0.3, 0.4) is 0 Å². The molecule has 0 aromatic heterocycles. The molecule has 0 aliphatic carbocycles. The first kappa shape index (κ1) is 13.4. The fraction of sp³-hybridized carbons (Fsp3) is 0.538. The molecule has 0 amide bonds. The van der Waals surface area contributed by atoms with Gasteiger partial charge in [0.15, 0.2) is 0 Å². The van der Waals surface area contributed by atoms with Crippen molar-refractivity contribution in [2.75, 3.05) is 26.2 Å². The van der Waals surface area contributed by atoms with Gasteiger partial charge >= 0.3 is 7.12 Å². The Labute approximate surface area is 108 Å². The quantitative estimate of drug-likeness (QED) is 0.729. The van der Waals surface area contributed by atoms with Gasteiger partial charge in [0, 0.05) is 6.54 Å². The second-order valence-corrected chi connectivity index (χ2v) is 4.79. The van der Waals surface area contributed by atoms with Crippen molar-refractivity contribution in [1.82, 2.24) is 4.90 Å². The van der Waals surface area contributed by atoms with Gasteiger partial charge in [-0.2, -0.15) is 0 Å². The molecule has 0 bridgehead atoms. The van der Waals surface area contributed by atoms with Crippen molar-refractivity contribution < 1.29 is 14.8 Å². The third-order valence-electron chi connectivity index (χ3n) is 3.39. The normalized spacial score (nSPS) is 15.9. The van der Waals surface area contributed by atoms with Crippen molar-refractivity contribution in [2.45, 2.75) is 19.8 Å². The topological polar surface area (TPSA) is 52.9 Å². The lowest BCUT2D eigenvalue weighted by atomic mass is 9.77. The molecule has 98 valence electrons. The fourth-order valence-electron chi connectivity index (χ4n) is 2.33. The molecule has 18 heavy (non-hydrogen) atoms. The standard InChI is InChI=1S/C13H20BNO3/c1-11-10-12(4-5-13(11)14(16)17)18-9-8-15-6-2-3-7-15/h4-5,10,16-17H,2-3,6-9H2,1H3. The molecular weight excluding hydrogens is 229 g/mol. The van der Waals surface area contributed by atoms with Crippen LogP contribution in [0.1, 0.15) is 18.4 Å². The zero-order chi connectivity index (χ0) is 13.0. The second-order valence-electron chi connectivity index (χ2n) is 4.79. The highest BCUT2D eigenvalue weighted by Crippen LogP contribution is 2.12. The minimum absolute atomic E-state index is 0.530. The SMILES string of the molecule is Cc1cc(OCCN2CCCC2)ccc1B(O)O. The molecular formula is C13H20BNO3. The van der Waals surface area contributed by atoms with E-state index in [2.05, 4.69) is 4.90 Å². The van der Waals surface area contributed by atoms with Crippen LogP contribution in [-0.2, 0) is 0 Å². The monoisotopic (exact) mass is 249 g/mol. The van der Waals surface area contributed by atoms with Crippen molar-refractivity contribution in [2.24, 2.45) is 0 Å². The van der Waals surface area contributed by atoms with E-state index in [1.165, 1.54) is 25.9 Å². The molecule has 0 atom stereocenters. The van der Waals surface area contributed by atoms with Crippen LogP contribution in [0, 0.1) is 6.92 Å². The largest absolute Gasteiger partial charge is 0.492 e. The van der Waals surface area contributed by atoms with E-state index in [0.717, 1.165) is 17.9 Å². The molecule has 2 N–H and O–H groups in total. The lowest BCUT2D eigenvalue weighted by molar-refractivity contribution is 0.237. The van der Waals surface area contributed by atoms with Gasteiger partial charge in [-0.3, -0.25) is 4.90 Å². The fourth-order valence-corrected chi connectivity index (χ4v) is 2.33. The number of aryl methyl sites for hydroxylation is 1. The van der Waals surface area contributed by atoms with E-state index in [9.17, 15) is 0 Å². The predicted octanol–water partition coefficient (Wildman–Crippen LogP) is 0.149. The van der Waals surface area contributed by atoms with Crippen molar-refractivity contribution in [3.8, 4) is 5.75 Å². The summed E-state index contributed by atoms with van der Waals surface area (Å²) in [5.74, 6) is 0.788. The van der Waals surface area contributed by atoms with E-state index in [-0.39, 0.29) is 0 Å². The molecule has 1 heterocycles. The lowest BCUT2D eigenvalue weighted by Gasteiger charge is -2.15. The minimum atomic E-state index is -1.41. The predicted molar refractivity (Wildman–Crippen MR) is 72.2 cm³/mol. The average molecular weight is 249 g/mol. The minimum Gasteiger partial charge on any atom is -0.492 e. The van der Waals surface area contributed by atoms with Gasteiger partial charge in [-0.25, -0.2) is 0 Å². The summed E-state index contributed by atoms with van der Waals surface area (Å²) in [5, 5.41) is 18.2. The van der Waals surface area contributed by atoms with Crippen LogP contribution in [0.2, 0.25) is 0 Å². The summed E-state index contributed by atoms with van der Waals surface area (Å²) in [7, 11) is -1.41. The van der Waals surface area contributed by atoms with Crippen LogP contribution in [0.25, 0.3) is 0 Å². The smallest absolute Gasteiger partial charge is 0.488 e. The first-order valence-corrected chi connectivity index (χ1v) is 6.48. The van der Waals surface area contributed by atoms with Gasteiger partial charge in [0.1, 0.15) is 12.4 Å². The van der Waals surface area contributed by atoms with Gasteiger partial charge in [-0.05, 0) is 56.0 Å². The van der Waals surface area contributed by atoms with Gasteiger partial charge in [0.25, 0.3) is 0 Å². The highest BCUT2D eigenvalue weighted by Gasteiger charge is 2.14. The molecule has 0 saturated carbocycles. The number of hydrogen-bond acceptors (Lipinski definition) is 4. The third kappa shape index (κ3) is 3.48. The molecule has 1 aliphatic heterocycles. The van der Waals surface area contributed by atoms with Gasteiger partial charge < -0.3 is 14.8 Å². The lowest BCUT2D eigenvalue weighted by Crippen LogP contribution is -2.32. The van der Waals surface area contributed by atoms with Crippen LogP contribution in [0.15, 0.2) is 18.2 Å². The molecule has 1 fully saturated rings. The Kier molecular flexibility index (Phi) is 4.63. The number of nitrogens with zero attached hydrogens (tertiary/aromatic N) is 1. The molecule has 4 nitrogen and oxygen atoms in total. The first-order chi connectivity index (χ1) is 8.66. The van der Waals surface area contributed by atoms with Gasteiger partial charge in [-0.1, -0.05) is 6.07 Å². The van der Waals surface area contributed by atoms with E-state index in [0.29, 0.717) is 12.1 Å². The molecule has 0 radical (unpaired) electrons. The number of benzene rings is 1. The maximum absolute atomic E-state index is 9.12. The van der Waals surface area contributed by atoms with Crippen molar-refractivity contribution >= 4 is 12.6 Å². The summed E-state index contributed by atoms with van der Waals surface area (Å²) in [6.07, 6.45) is 2.59. The number of ether oxygens (including phenoxy) is 1. The summed E-state index contributed by atoms with van der Waals surface area (Å²) in [6.45, 7) is 5.85. The Balaban J connectivity index is 1.84. The van der Waals surface area contributed by atoms with E-state index in [1.54, 1.807) is 12.1 Å². The van der Waals surface area contributed by atoms with Crippen LogP contribution in [-0.4, -0.2) is 48.3 Å². The van der Waals surface area contributed by atoms with Crippen LogP contribution in [0.4, 0.5) is 0 Å². The molecule has 0 unspecified atom stereocenters. The highest BCUT2D eigenvalue weighted by molar-refractivity contribution is 6.59. The highest BCUT2D eigenvalue weighted by atomic mass is 16.5. The number of likely N-dealkylation sites (tertiary alicyclic amines) is 1. The second kappa shape index (κ2) is 6.23. The van der Waals surface area contributed by atoms with Crippen molar-refractivity contribution in [3.63, 3.8) is 0 Å². The molecule has 1 aliphatic rings. The Bertz CT molecular complexity index is 392. The zero-order valence-electron chi connectivity index (χ0n) is 10.8. The maximum Gasteiger partial charge on any atom is 0.488 e. The van der Waals surface area contributed by atoms with E-state index < -0.39 is 7.12 Å². The number of hydrogen-bond donors (Lipinski definition) is 2. The average Bonchev–Trinajstić information content (AvgIpc) is 2.81. The summed E-state index contributed by atoms with van der Waals surface area (Å²) in [4.78, 5) is 2.40. The van der Waals surface area contributed by atoms with Crippen LogP contribution >= 0.6 is 0 Å². The van der Waals surface area contributed by atoms with Gasteiger partial charge in [0.2, 0.25) is 0 Å². The van der Waals surface area contributed by atoms with Crippen molar-refractivity contribution in [1.29, 1.82) is 0 Å². The summed E-state index contributed by atoms with van der Waals surface area (Å²) in [5.41, 5.74) is 1.37. The first-order valence-electron chi connectivity index (χ1n) is 6.48. The molecule has 5 heteroatoms. The van der Waals surface area contributed by atoms with Crippen molar-refractivity contribution in [3.05, 3.63) is 23.8 Å². The zero-order valence-corrected chi connectivity index (χ0v) is 10.8. The summed E-state index contributed by atoms with van der Waals surface area (Å²) in [6, 6.07) is 5.33. The summed E-state index contributed by atoms with van der Waals surface area (Å²) >= 11 is 0. The maximum atomic E-state index is 9.12. The molecule has 1 aromatic carbocycles. The van der Waals surface area contributed by atoms with Crippen LogP contribution < -0.4 is 10.2 Å². The molecule has 1 aromatic rings. The molecule has 2 rings (SSSR count). The Morgan fingerprint density at radius 3 is 2.61 bits per heavy atom. The summed E-state index contributed by atoms with van der Waals surface area (Å²) < 4.78 is 5.68. The molecule has 1 saturated heterocycles. The Morgan fingerprint density at radius 1 is 1.28 bits per heavy atom. The van der Waals surface area contributed by atoms with Gasteiger partial charge in [-0.15, -0.1) is 0 Å². The third-order valence-corrected chi connectivity index (χ3v) is 3.39. The number of rotatable bonds is 5. The Hall–Kier alpha value is -1.04. The van der Waals surface area contributed by atoms with E-state index in [1.807, 2.05) is 13.0 Å².